The van der Waals surface area contributed by atoms with E-state index in [4.69, 9.17) is 0 Å². The van der Waals surface area contributed by atoms with E-state index in [1.165, 1.54) is 31.2 Å². The van der Waals surface area contributed by atoms with Crippen LogP contribution in [0.5, 0.6) is 0 Å². The van der Waals surface area contributed by atoms with Crippen molar-refractivity contribution in [3.05, 3.63) is 29.8 Å². The number of carbonyl (C=O) groups excluding carboxylic acids is 1. The summed E-state index contributed by atoms with van der Waals surface area (Å²) in [6.45, 7) is 4.48. The second-order valence-electron chi connectivity index (χ2n) is 5.95. The maximum Gasteiger partial charge on any atom is 0.241 e. The van der Waals surface area contributed by atoms with Crippen LogP contribution in [0.15, 0.2) is 24.3 Å². The van der Waals surface area contributed by atoms with Crippen LogP contribution < -0.4 is 5.32 Å². The molecule has 1 aliphatic rings. The highest BCUT2D eigenvalue weighted by Crippen LogP contribution is 2.13. The molecule has 1 aliphatic heterocycles. The summed E-state index contributed by atoms with van der Waals surface area (Å²) in [4.78, 5) is 14.2. The first-order chi connectivity index (χ1) is 10.3. The van der Waals surface area contributed by atoms with Crippen molar-refractivity contribution in [1.82, 2.24) is 4.90 Å². The van der Waals surface area contributed by atoms with Gasteiger partial charge < -0.3 is 10.2 Å². The van der Waals surface area contributed by atoms with Gasteiger partial charge in [0.1, 0.15) is 0 Å². The fraction of sp³-hybridized carbons (Fsp3) is 0.611. The number of rotatable bonds is 6. The summed E-state index contributed by atoms with van der Waals surface area (Å²) in [6, 6.07) is 8.49. The fourth-order valence-corrected chi connectivity index (χ4v) is 2.78. The van der Waals surface area contributed by atoms with Crippen LogP contribution in [-0.2, 0) is 11.2 Å². The van der Waals surface area contributed by atoms with Crippen LogP contribution in [0.1, 0.15) is 51.0 Å². The standard InChI is InChI=1S/C18H28N2O/c1-2-3-8-16-9-11-17(12-10-16)19-15-18(21)20-13-6-4-5-7-14-20/h9-12,19H,2-8,13-15H2,1H3. The molecule has 0 aromatic heterocycles. The molecular formula is C18H28N2O. The van der Waals surface area contributed by atoms with E-state index in [1.54, 1.807) is 0 Å². The number of nitrogens with one attached hydrogen (secondary N) is 1. The van der Waals surface area contributed by atoms with E-state index in [0.29, 0.717) is 6.54 Å². The van der Waals surface area contributed by atoms with E-state index >= 15 is 0 Å². The molecule has 0 radical (unpaired) electrons. The van der Waals surface area contributed by atoms with Crippen LogP contribution in [-0.4, -0.2) is 30.4 Å². The number of nitrogens with zero attached hydrogens (tertiary/aromatic N) is 1. The molecule has 21 heavy (non-hydrogen) atoms. The molecule has 3 heteroatoms. The zero-order valence-electron chi connectivity index (χ0n) is 13.2. The second kappa shape index (κ2) is 8.71. The summed E-state index contributed by atoms with van der Waals surface area (Å²) in [5.41, 5.74) is 2.42. The number of likely N-dealkylation sites (tertiary alicyclic amines) is 1. The molecular weight excluding hydrogens is 260 g/mol. The number of anilines is 1. The highest BCUT2D eigenvalue weighted by Gasteiger charge is 2.14. The average molecular weight is 288 g/mol. The fourth-order valence-electron chi connectivity index (χ4n) is 2.78. The van der Waals surface area contributed by atoms with Crippen LogP contribution in [0.3, 0.4) is 0 Å². The third-order valence-electron chi connectivity index (χ3n) is 4.18. The molecule has 0 bridgehead atoms. The molecule has 116 valence electrons. The Labute approximate surface area is 128 Å². The first-order valence-electron chi connectivity index (χ1n) is 8.40. The summed E-state index contributed by atoms with van der Waals surface area (Å²) in [7, 11) is 0. The number of aryl methyl sites for hydroxylation is 1. The van der Waals surface area contributed by atoms with Gasteiger partial charge in [-0.25, -0.2) is 0 Å². The summed E-state index contributed by atoms with van der Waals surface area (Å²) in [5.74, 6) is 0.229. The van der Waals surface area contributed by atoms with E-state index < -0.39 is 0 Å². The smallest absolute Gasteiger partial charge is 0.241 e. The lowest BCUT2D eigenvalue weighted by molar-refractivity contribution is -0.129. The summed E-state index contributed by atoms with van der Waals surface area (Å²) in [6.07, 6.45) is 8.43. The van der Waals surface area contributed by atoms with Crippen molar-refractivity contribution in [1.29, 1.82) is 0 Å². The lowest BCUT2D eigenvalue weighted by Crippen LogP contribution is -2.36. The first-order valence-corrected chi connectivity index (χ1v) is 8.40. The van der Waals surface area contributed by atoms with Gasteiger partial charge in [-0.1, -0.05) is 38.3 Å². The molecule has 2 rings (SSSR count). The van der Waals surface area contributed by atoms with Gasteiger partial charge in [-0.15, -0.1) is 0 Å². The number of hydrogen-bond donors (Lipinski definition) is 1. The Bertz CT molecular complexity index is 419. The quantitative estimate of drug-likeness (QED) is 0.862. The number of carbonyl (C=O) groups is 1. The normalized spacial score (nSPS) is 15.6. The molecule has 0 saturated carbocycles. The molecule has 1 heterocycles. The van der Waals surface area contributed by atoms with Crippen molar-refractivity contribution in [2.24, 2.45) is 0 Å². The van der Waals surface area contributed by atoms with Gasteiger partial charge in [-0.2, -0.15) is 0 Å². The number of hydrogen-bond acceptors (Lipinski definition) is 2. The Kier molecular flexibility index (Phi) is 6.58. The minimum absolute atomic E-state index is 0.229. The molecule has 1 fully saturated rings. The summed E-state index contributed by atoms with van der Waals surface area (Å²) < 4.78 is 0. The van der Waals surface area contributed by atoms with Crippen LogP contribution in [0.4, 0.5) is 5.69 Å². The highest BCUT2D eigenvalue weighted by molar-refractivity contribution is 5.80. The molecule has 0 unspecified atom stereocenters. The van der Waals surface area contributed by atoms with Crippen LogP contribution in [0.25, 0.3) is 0 Å². The SMILES string of the molecule is CCCCc1ccc(NCC(=O)N2CCCCCC2)cc1. The van der Waals surface area contributed by atoms with Gasteiger partial charge in [0.05, 0.1) is 6.54 Å². The molecule has 0 aliphatic carbocycles. The lowest BCUT2D eigenvalue weighted by Gasteiger charge is -2.20. The van der Waals surface area contributed by atoms with Gasteiger partial charge in [0, 0.05) is 18.8 Å². The van der Waals surface area contributed by atoms with Gasteiger partial charge in [0.15, 0.2) is 0 Å². The monoisotopic (exact) mass is 288 g/mol. The topological polar surface area (TPSA) is 32.3 Å². The molecule has 1 saturated heterocycles. The summed E-state index contributed by atoms with van der Waals surface area (Å²) in [5, 5.41) is 3.25. The Morgan fingerprint density at radius 1 is 1.10 bits per heavy atom. The van der Waals surface area contributed by atoms with Crippen LogP contribution >= 0.6 is 0 Å². The van der Waals surface area contributed by atoms with Gasteiger partial charge >= 0.3 is 0 Å². The third-order valence-corrected chi connectivity index (χ3v) is 4.18. The number of amides is 1. The molecule has 1 amide bonds. The second-order valence-corrected chi connectivity index (χ2v) is 5.95. The molecule has 1 aromatic carbocycles. The number of unbranched alkanes of at least 4 members (excludes halogenated alkanes) is 1. The Hall–Kier alpha value is -1.51. The van der Waals surface area contributed by atoms with Crippen LogP contribution in [0.2, 0.25) is 0 Å². The maximum atomic E-state index is 12.2. The number of benzene rings is 1. The third kappa shape index (κ3) is 5.41. The molecule has 3 nitrogen and oxygen atoms in total. The van der Waals surface area contributed by atoms with Gasteiger partial charge in [0.2, 0.25) is 5.91 Å². The minimum atomic E-state index is 0.229. The molecule has 0 atom stereocenters. The first kappa shape index (κ1) is 15.9. The molecule has 1 N–H and O–H groups in total. The van der Waals surface area contributed by atoms with Crippen LogP contribution in [0, 0.1) is 0 Å². The maximum absolute atomic E-state index is 12.2. The van der Waals surface area contributed by atoms with Crippen molar-refractivity contribution in [2.75, 3.05) is 25.0 Å². The minimum Gasteiger partial charge on any atom is -0.376 e. The lowest BCUT2D eigenvalue weighted by atomic mass is 10.1. The van der Waals surface area contributed by atoms with Crippen molar-refractivity contribution in [3.8, 4) is 0 Å². The van der Waals surface area contributed by atoms with Gasteiger partial charge in [0.25, 0.3) is 0 Å². The largest absolute Gasteiger partial charge is 0.376 e. The van der Waals surface area contributed by atoms with E-state index in [2.05, 4.69) is 36.5 Å². The van der Waals surface area contributed by atoms with Crippen molar-refractivity contribution < 1.29 is 4.79 Å². The van der Waals surface area contributed by atoms with E-state index in [1.807, 2.05) is 4.90 Å². The zero-order valence-corrected chi connectivity index (χ0v) is 13.2. The highest BCUT2D eigenvalue weighted by atomic mass is 16.2. The van der Waals surface area contributed by atoms with Crippen molar-refractivity contribution in [3.63, 3.8) is 0 Å². The van der Waals surface area contributed by atoms with Crippen molar-refractivity contribution in [2.45, 2.75) is 51.9 Å². The Morgan fingerprint density at radius 2 is 1.76 bits per heavy atom. The predicted molar refractivity (Wildman–Crippen MR) is 88.6 cm³/mol. The summed E-state index contributed by atoms with van der Waals surface area (Å²) >= 11 is 0. The molecule has 1 aromatic rings. The predicted octanol–water partition coefficient (Wildman–Crippen LogP) is 3.84. The zero-order chi connectivity index (χ0) is 14.9. The van der Waals surface area contributed by atoms with E-state index in [9.17, 15) is 4.79 Å². The van der Waals surface area contributed by atoms with E-state index in [-0.39, 0.29) is 5.91 Å². The van der Waals surface area contributed by atoms with E-state index in [0.717, 1.165) is 38.0 Å². The van der Waals surface area contributed by atoms with Crippen molar-refractivity contribution >= 4 is 11.6 Å². The van der Waals surface area contributed by atoms with Gasteiger partial charge in [-0.05, 0) is 43.4 Å². The Morgan fingerprint density at radius 3 is 2.38 bits per heavy atom. The van der Waals surface area contributed by atoms with Gasteiger partial charge in [-0.3, -0.25) is 4.79 Å². The average Bonchev–Trinajstić information content (AvgIpc) is 2.81. The molecule has 0 spiro atoms. The Balaban J connectivity index is 1.77.